The van der Waals surface area contributed by atoms with Gasteiger partial charge in [0.05, 0.1) is 42.0 Å². The second-order valence-electron chi connectivity index (χ2n) is 13.9. The number of piperidine rings is 1. The summed E-state index contributed by atoms with van der Waals surface area (Å²) < 4.78 is 17.4. The van der Waals surface area contributed by atoms with Crippen molar-refractivity contribution in [3.8, 4) is 29.2 Å². The Morgan fingerprint density at radius 3 is 2.35 bits per heavy atom. The van der Waals surface area contributed by atoms with E-state index in [2.05, 4.69) is 27.5 Å². The predicted octanol–water partition coefficient (Wildman–Crippen LogP) is 4.34. The fraction of sp³-hybridized carbons (Fsp3) is 0.439. The minimum Gasteiger partial charge on any atom is -0.496 e. The number of unbranched alkanes of at least 4 members (excludes halogenated alkanes) is 8. The summed E-state index contributed by atoms with van der Waals surface area (Å²) in [6.07, 6.45) is 11.7. The van der Waals surface area contributed by atoms with Crippen molar-refractivity contribution in [1.82, 2.24) is 20.5 Å². The van der Waals surface area contributed by atoms with Crippen LogP contribution in [0.3, 0.4) is 0 Å². The van der Waals surface area contributed by atoms with Gasteiger partial charge in [-0.1, -0.05) is 56.4 Å². The number of pyridine rings is 1. The first-order valence-electron chi connectivity index (χ1n) is 18.8. The van der Waals surface area contributed by atoms with Crippen LogP contribution in [-0.4, -0.2) is 77.7 Å². The standard InChI is InChI=1S/C41H45N5O9/c1-53-33-22-29-28(21-30(33)37(42)49)25(23-43-39(29)55-24-26-16-18-34(47)44-26)13-10-8-6-4-2-3-5-7-9-11-20-54-32-15-12-14-27-36(32)41(52)46(40(27)51)31-17-19-35(48)45-38(31)50/h12,14-15,21-23,26,31H,2-9,11,16-20,24H2,1H3,(H2,42,49)(H,44,47)(H,45,48,50)/t26-,31?/m0/s1. The van der Waals surface area contributed by atoms with E-state index in [0.717, 1.165) is 56.3 Å². The number of hydrogen-bond donors (Lipinski definition) is 3. The van der Waals surface area contributed by atoms with E-state index in [1.54, 1.807) is 36.5 Å². The van der Waals surface area contributed by atoms with E-state index >= 15 is 0 Å². The first kappa shape index (κ1) is 38.7. The van der Waals surface area contributed by atoms with Crippen molar-refractivity contribution in [2.75, 3.05) is 20.3 Å². The van der Waals surface area contributed by atoms with Gasteiger partial charge in [0.15, 0.2) is 0 Å². The molecule has 14 nitrogen and oxygen atoms in total. The van der Waals surface area contributed by atoms with Crippen LogP contribution in [0.25, 0.3) is 10.8 Å². The molecule has 55 heavy (non-hydrogen) atoms. The third kappa shape index (κ3) is 9.05. The summed E-state index contributed by atoms with van der Waals surface area (Å²) in [6.45, 7) is 0.666. The summed E-state index contributed by atoms with van der Waals surface area (Å²) in [6, 6.07) is 7.11. The maximum Gasteiger partial charge on any atom is 0.266 e. The van der Waals surface area contributed by atoms with E-state index < -0.39 is 35.6 Å². The first-order chi connectivity index (χ1) is 26.7. The van der Waals surface area contributed by atoms with Gasteiger partial charge in [-0.25, -0.2) is 4.98 Å². The number of carbonyl (C=O) groups is 6. The Labute approximate surface area is 318 Å². The molecule has 0 saturated carbocycles. The number of imide groups is 2. The maximum absolute atomic E-state index is 13.2. The zero-order valence-electron chi connectivity index (χ0n) is 30.9. The highest BCUT2D eigenvalue weighted by molar-refractivity contribution is 6.24. The summed E-state index contributed by atoms with van der Waals surface area (Å²) in [5.74, 6) is 4.65. The smallest absolute Gasteiger partial charge is 0.266 e. The summed E-state index contributed by atoms with van der Waals surface area (Å²) in [5.41, 5.74) is 6.89. The van der Waals surface area contributed by atoms with Crippen molar-refractivity contribution in [3.63, 3.8) is 0 Å². The van der Waals surface area contributed by atoms with Gasteiger partial charge in [-0.15, -0.1) is 0 Å². The molecule has 6 amide bonds. The number of nitrogens with one attached hydrogen (secondary N) is 2. The van der Waals surface area contributed by atoms with E-state index in [-0.39, 0.29) is 48.1 Å². The van der Waals surface area contributed by atoms with E-state index in [0.29, 0.717) is 59.6 Å². The summed E-state index contributed by atoms with van der Waals surface area (Å²) in [5, 5.41) is 6.41. The second-order valence-corrected chi connectivity index (χ2v) is 13.9. The molecule has 1 unspecified atom stereocenters. The lowest BCUT2D eigenvalue weighted by atomic mass is 10.0. The molecular weight excluding hydrogens is 706 g/mol. The second kappa shape index (κ2) is 17.9. The van der Waals surface area contributed by atoms with E-state index in [1.165, 1.54) is 7.11 Å². The van der Waals surface area contributed by atoms with Gasteiger partial charge in [0.1, 0.15) is 24.1 Å². The van der Waals surface area contributed by atoms with E-state index in [9.17, 15) is 28.8 Å². The lowest BCUT2D eigenvalue weighted by Gasteiger charge is -2.27. The molecule has 1 aromatic heterocycles. The Bertz CT molecular complexity index is 2070. The van der Waals surface area contributed by atoms with Crippen LogP contribution >= 0.6 is 0 Å². The number of ether oxygens (including phenoxy) is 3. The van der Waals surface area contributed by atoms with Gasteiger partial charge in [-0.3, -0.25) is 39.0 Å². The van der Waals surface area contributed by atoms with Crippen molar-refractivity contribution in [1.29, 1.82) is 0 Å². The van der Waals surface area contributed by atoms with Crippen LogP contribution < -0.4 is 30.6 Å². The fourth-order valence-corrected chi connectivity index (χ4v) is 7.12. The molecular formula is C41H45N5O9. The van der Waals surface area contributed by atoms with E-state index in [1.807, 2.05) is 0 Å². The average Bonchev–Trinajstić information content (AvgIpc) is 3.71. The molecule has 288 valence electrons. The third-order valence-corrected chi connectivity index (χ3v) is 10.0. The van der Waals surface area contributed by atoms with Gasteiger partial charge in [0.25, 0.3) is 17.7 Å². The van der Waals surface area contributed by atoms with Gasteiger partial charge >= 0.3 is 0 Å². The van der Waals surface area contributed by atoms with Crippen molar-refractivity contribution in [3.05, 3.63) is 58.8 Å². The highest BCUT2D eigenvalue weighted by Gasteiger charge is 2.46. The molecule has 4 N–H and O–H groups in total. The number of primary amides is 1. The Balaban J connectivity index is 0.910. The number of benzene rings is 2. The van der Waals surface area contributed by atoms with Crippen LogP contribution in [0.4, 0.5) is 0 Å². The van der Waals surface area contributed by atoms with Crippen LogP contribution in [0, 0.1) is 11.8 Å². The molecule has 0 bridgehead atoms. The van der Waals surface area contributed by atoms with Crippen LogP contribution in [0.1, 0.15) is 120 Å². The number of carbonyl (C=O) groups excluding carboxylic acids is 6. The molecule has 0 aliphatic carbocycles. The van der Waals surface area contributed by atoms with Gasteiger partial charge < -0.3 is 25.3 Å². The zero-order chi connectivity index (χ0) is 38.9. The molecule has 4 heterocycles. The Kier molecular flexibility index (Phi) is 12.6. The van der Waals surface area contributed by atoms with Crippen LogP contribution in [-0.2, 0) is 14.4 Å². The molecule has 0 radical (unpaired) electrons. The van der Waals surface area contributed by atoms with Crippen molar-refractivity contribution < 1.29 is 43.0 Å². The number of fused-ring (bicyclic) bond motifs is 2. The van der Waals surface area contributed by atoms with E-state index in [4.69, 9.17) is 19.9 Å². The normalized spacial score (nSPS) is 17.8. The van der Waals surface area contributed by atoms with Gasteiger partial charge in [0, 0.05) is 36.2 Å². The van der Waals surface area contributed by atoms with Gasteiger partial charge in [0.2, 0.25) is 23.6 Å². The molecule has 2 atom stereocenters. The molecule has 2 saturated heterocycles. The minimum atomic E-state index is -1.02. The summed E-state index contributed by atoms with van der Waals surface area (Å²) in [7, 11) is 1.46. The van der Waals surface area contributed by atoms with Gasteiger partial charge in [-0.2, -0.15) is 0 Å². The Morgan fingerprint density at radius 1 is 0.891 bits per heavy atom. The van der Waals surface area contributed by atoms with Crippen molar-refractivity contribution in [2.24, 2.45) is 5.73 Å². The number of rotatable bonds is 17. The van der Waals surface area contributed by atoms with Crippen LogP contribution in [0.2, 0.25) is 0 Å². The third-order valence-electron chi connectivity index (χ3n) is 10.0. The minimum absolute atomic E-state index is 0.00164. The molecule has 3 aromatic rings. The Morgan fingerprint density at radius 2 is 1.64 bits per heavy atom. The molecule has 2 aromatic carbocycles. The first-order valence-corrected chi connectivity index (χ1v) is 18.8. The summed E-state index contributed by atoms with van der Waals surface area (Å²) >= 11 is 0. The van der Waals surface area contributed by atoms with Crippen molar-refractivity contribution >= 4 is 46.2 Å². The Hall–Kier alpha value is -5.97. The summed E-state index contributed by atoms with van der Waals surface area (Å²) in [4.78, 5) is 79.4. The molecule has 2 fully saturated rings. The monoisotopic (exact) mass is 751 g/mol. The largest absolute Gasteiger partial charge is 0.496 e. The lowest BCUT2D eigenvalue weighted by molar-refractivity contribution is -0.136. The molecule has 6 rings (SSSR count). The zero-order valence-corrected chi connectivity index (χ0v) is 30.9. The SMILES string of the molecule is COc1cc2c(OC[C@@H]3CCC(=O)N3)ncc(C#CCCCCCCCCCCOc3cccc4c3C(=O)N(C3CCC(=O)NC3=O)C4=O)c2cc1C(N)=O. The predicted molar refractivity (Wildman–Crippen MR) is 201 cm³/mol. The number of methoxy groups -OCH3 is 1. The highest BCUT2D eigenvalue weighted by Crippen LogP contribution is 2.35. The number of nitrogens with two attached hydrogens (primary N) is 1. The number of hydrogen-bond acceptors (Lipinski definition) is 10. The van der Waals surface area contributed by atoms with Crippen LogP contribution in [0.5, 0.6) is 17.4 Å². The average molecular weight is 752 g/mol. The van der Waals surface area contributed by atoms with Crippen LogP contribution in [0.15, 0.2) is 36.5 Å². The van der Waals surface area contributed by atoms with Gasteiger partial charge in [-0.05, 0) is 49.9 Å². The topological polar surface area (TPSA) is 196 Å². The van der Waals surface area contributed by atoms with Crippen molar-refractivity contribution in [2.45, 2.75) is 95.6 Å². The lowest BCUT2D eigenvalue weighted by Crippen LogP contribution is -2.54. The number of amides is 6. The maximum atomic E-state index is 13.2. The quantitative estimate of drug-likeness (QED) is 0.101. The number of aromatic nitrogens is 1. The fourth-order valence-electron chi connectivity index (χ4n) is 7.12. The molecule has 14 heteroatoms. The molecule has 3 aliphatic rings. The highest BCUT2D eigenvalue weighted by atomic mass is 16.5. The molecule has 0 spiro atoms. The number of nitrogens with zero attached hydrogens (tertiary/aromatic N) is 2. The molecule has 3 aliphatic heterocycles.